The summed E-state index contributed by atoms with van der Waals surface area (Å²) >= 11 is 6.29. The van der Waals surface area contributed by atoms with Crippen molar-refractivity contribution in [3.8, 4) is 0 Å². The first-order valence-corrected chi connectivity index (χ1v) is 11.2. The molecule has 0 aliphatic carbocycles. The average molecular weight is 569 g/mol. The second kappa shape index (κ2) is 11.7. The van der Waals surface area contributed by atoms with E-state index in [0.717, 1.165) is 44.3 Å². The molecule has 2 aliphatic heterocycles. The van der Waals surface area contributed by atoms with Crippen LogP contribution in [0.25, 0.3) is 0 Å². The van der Waals surface area contributed by atoms with Gasteiger partial charge in [-0.2, -0.15) is 0 Å². The molecule has 2 fully saturated rings. The number of hydrogen-bond acceptors (Lipinski definition) is 4. The van der Waals surface area contributed by atoms with Crippen molar-refractivity contribution in [1.29, 1.82) is 0 Å². The second-order valence-electron chi connectivity index (χ2n) is 8.05. The van der Waals surface area contributed by atoms with E-state index in [1.165, 1.54) is 11.1 Å². The molecule has 2 aromatic rings. The predicted octanol–water partition coefficient (Wildman–Crippen LogP) is 3.42. The zero-order valence-electron chi connectivity index (χ0n) is 18.3. The quantitative estimate of drug-likeness (QED) is 0.318. The van der Waals surface area contributed by atoms with Crippen molar-refractivity contribution in [2.24, 2.45) is 4.99 Å². The SMILES string of the molecule is CN=C(NCc1ccc(CN2CCCC2=O)cc1)NC1CCN(c2ncccc2Cl)C1.I. The molecule has 7 nitrogen and oxygen atoms in total. The molecule has 2 saturated heterocycles. The molecule has 1 atom stereocenters. The van der Waals surface area contributed by atoms with E-state index in [1.807, 2.05) is 17.0 Å². The fourth-order valence-corrected chi connectivity index (χ4v) is 4.35. The van der Waals surface area contributed by atoms with Gasteiger partial charge in [-0.05, 0) is 36.1 Å². The van der Waals surface area contributed by atoms with Crippen LogP contribution in [0.15, 0.2) is 47.6 Å². The Labute approximate surface area is 211 Å². The molecular weight excluding hydrogens is 539 g/mol. The Morgan fingerprint density at radius 1 is 1.22 bits per heavy atom. The lowest BCUT2D eigenvalue weighted by Gasteiger charge is -2.20. The van der Waals surface area contributed by atoms with Crippen LogP contribution in [0.2, 0.25) is 5.02 Å². The fourth-order valence-electron chi connectivity index (χ4n) is 4.11. The van der Waals surface area contributed by atoms with E-state index in [1.54, 1.807) is 13.2 Å². The lowest BCUT2D eigenvalue weighted by molar-refractivity contribution is -0.128. The van der Waals surface area contributed by atoms with Gasteiger partial charge in [0.1, 0.15) is 5.82 Å². The number of anilines is 1. The third-order valence-corrected chi connectivity index (χ3v) is 6.11. The summed E-state index contributed by atoms with van der Waals surface area (Å²) < 4.78 is 0. The largest absolute Gasteiger partial charge is 0.353 e. The molecule has 32 heavy (non-hydrogen) atoms. The molecular formula is C23H30ClIN6O. The van der Waals surface area contributed by atoms with Gasteiger partial charge in [0.25, 0.3) is 0 Å². The minimum Gasteiger partial charge on any atom is -0.353 e. The number of rotatable bonds is 6. The lowest BCUT2D eigenvalue weighted by Crippen LogP contribution is -2.44. The van der Waals surface area contributed by atoms with E-state index in [-0.39, 0.29) is 35.9 Å². The van der Waals surface area contributed by atoms with Crippen molar-refractivity contribution < 1.29 is 4.79 Å². The summed E-state index contributed by atoms with van der Waals surface area (Å²) in [5, 5.41) is 7.58. The molecule has 9 heteroatoms. The Kier molecular flexibility index (Phi) is 8.98. The van der Waals surface area contributed by atoms with Gasteiger partial charge in [-0.25, -0.2) is 4.98 Å². The summed E-state index contributed by atoms with van der Waals surface area (Å²) in [6.07, 6.45) is 4.43. The first kappa shape index (κ1) is 24.6. The zero-order valence-corrected chi connectivity index (χ0v) is 21.3. The van der Waals surface area contributed by atoms with Crippen LogP contribution in [-0.4, -0.2) is 54.5 Å². The normalized spacial score (nSPS) is 18.6. The topological polar surface area (TPSA) is 72.9 Å². The molecule has 1 aromatic carbocycles. The first-order chi connectivity index (χ1) is 15.1. The number of benzene rings is 1. The maximum atomic E-state index is 11.8. The van der Waals surface area contributed by atoms with E-state index < -0.39 is 0 Å². The highest BCUT2D eigenvalue weighted by Crippen LogP contribution is 2.25. The highest BCUT2D eigenvalue weighted by molar-refractivity contribution is 14.0. The standard InChI is InChI=1S/C23H29ClN6O.HI/c1-25-23(28-19-10-13-30(16-19)22-20(24)4-2-11-26-22)27-14-17-6-8-18(9-7-17)15-29-12-3-5-21(29)31;/h2,4,6-9,11,19H,3,5,10,12-16H2,1H3,(H2,25,27,28);1H. The van der Waals surface area contributed by atoms with Gasteiger partial charge in [0.15, 0.2) is 5.96 Å². The van der Waals surface area contributed by atoms with Gasteiger partial charge in [0.2, 0.25) is 5.91 Å². The Morgan fingerprint density at radius 2 is 2.00 bits per heavy atom. The molecule has 1 amide bonds. The first-order valence-electron chi connectivity index (χ1n) is 10.8. The molecule has 4 rings (SSSR count). The summed E-state index contributed by atoms with van der Waals surface area (Å²) in [7, 11) is 1.79. The third-order valence-electron chi connectivity index (χ3n) is 5.82. The Morgan fingerprint density at radius 3 is 2.69 bits per heavy atom. The van der Waals surface area contributed by atoms with Gasteiger partial charge in [-0.3, -0.25) is 9.79 Å². The highest BCUT2D eigenvalue weighted by Gasteiger charge is 2.25. The fraction of sp³-hybridized carbons (Fsp3) is 0.435. The monoisotopic (exact) mass is 568 g/mol. The summed E-state index contributed by atoms with van der Waals surface area (Å²) in [5.74, 6) is 1.88. The molecule has 0 saturated carbocycles. The average Bonchev–Trinajstić information content (AvgIpc) is 3.41. The molecule has 0 spiro atoms. The van der Waals surface area contributed by atoms with Gasteiger partial charge in [-0.15, -0.1) is 24.0 Å². The molecule has 0 radical (unpaired) electrons. The number of amides is 1. The molecule has 2 N–H and O–H groups in total. The van der Waals surface area contributed by atoms with Crippen LogP contribution in [0, 0.1) is 0 Å². The number of nitrogens with one attached hydrogen (secondary N) is 2. The number of halogens is 2. The number of carbonyl (C=O) groups is 1. The van der Waals surface area contributed by atoms with Crippen LogP contribution >= 0.6 is 35.6 Å². The van der Waals surface area contributed by atoms with Crippen LogP contribution in [-0.2, 0) is 17.9 Å². The summed E-state index contributed by atoms with van der Waals surface area (Å²) in [6, 6.07) is 12.4. The van der Waals surface area contributed by atoms with E-state index in [0.29, 0.717) is 24.5 Å². The maximum absolute atomic E-state index is 11.8. The van der Waals surface area contributed by atoms with E-state index in [9.17, 15) is 4.79 Å². The number of hydrogen-bond donors (Lipinski definition) is 2. The number of nitrogens with zero attached hydrogens (tertiary/aromatic N) is 4. The van der Waals surface area contributed by atoms with Gasteiger partial charge >= 0.3 is 0 Å². The summed E-state index contributed by atoms with van der Waals surface area (Å²) in [4.78, 5) is 24.7. The molecule has 1 aromatic heterocycles. The van der Waals surface area contributed by atoms with Crippen LogP contribution in [0.5, 0.6) is 0 Å². The Hall–Kier alpha value is -2.07. The van der Waals surface area contributed by atoms with Crippen molar-refractivity contribution >= 4 is 53.3 Å². The van der Waals surface area contributed by atoms with E-state index in [2.05, 4.69) is 49.8 Å². The smallest absolute Gasteiger partial charge is 0.222 e. The molecule has 2 aliphatic rings. The van der Waals surface area contributed by atoms with Crippen LogP contribution in [0.3, 0.4) is 0 Å². The Balaban J connectivity index is 0.00000289. The number of carbonyl (C=O) groups excluding carboxylic acids is 1. The number of pyridine rings is 1. The van der Waals surface area contributed by atoms with Crippen molar-refractivity contribution in [2.75, 3.05) is 31.6 Å². The lowest BCUT2D eigenvalue weighted by atomic mass is 10.1. The van der Waals surface area contributed by atoms with Crippen LogP contribution in [0.4, 0.5) is 5.82 Å². The molecule has 3 heterocycles. The highest BCUT2D eigenvalue weighted by atomic mass is 127. The van der Waals surface area contributed by atoms with Gasteiger partial charge < -0.3 is 20.4 Å². The number of likely N-dealkylation sites (tertiary alicyclic amines) is 1. The van der Waals surface area contributed by atoms with Crippen molar-refractivity contribution in [3.05, 3.63) is 58.7 Å². The molecule has 1 unspecified atom stereocenters. The summed E-state index contributed by atoms with van der Waals surface area (Å²) in [5.41, 5.74) is 2.34. The van der Waals surface area contributed by atoms with E-state index >= 15 is 0 Å². The van der Waals surface area contributed by atoms with Gasteiger partial charge in [0.05, 0.1) is 5.02 Å². The minimum atomic E-state index is 0. The van der Waals surface area contributed by atoms with E-state index in [4.69, 9.17) is 11.6 Å². The van der Waals surface area contributed by atoms with Crippen LogP contribution < -0.4 is 15.5 Å². The maximum Gasteiger partial charge on any atom is 0.222 e. The predicted molar refractivity (Wildman–Crippen MR) is 140 cm³/mol. The van der Waals surface area contributed by atoms with Crippen LogP contribution in [0.1, 0.15) is 30.4 Å². The van der Waals surface area contributed by atoms with Crippen molar-refractivity contribution in [1.82, 2.24) is 20.5 Å². The second-order valence-corrected chi connectivity index (χ2v) is 8.45. The molecule has 172 valence electrons. The molecule has 0 bridgehead atoms. The Bertz CT molecular complexity index is 938. The van der Waals surface area contributed by atoms with Gasteiger partial charge in [0, 0.05) is 58.4 Å². The van der Waals surface area contributed by atoms with Crippen molar-refractivity contribution in [3.63, 3.8) is 0 Å². The number of guanidine groups is 1. The van der Waals surface area contributed by atoms with Crippen molar-refractivity contribution in [2.45, 2.75) is 38.4 Å². The zero-order chi connectivity index (χ0) is 21.6. The van der Waals surface area contributed by atoms with Gasteiger partial charge in [-0.1, -0.05) is 35.9 Å². The summed E-state index contributed by atoms with van der Waals surface area (Å²) in [6.45, 7) is 4.00. The number of aromatic nitrogens is 1. The third kappa shape index (κ3) is 6.25. The number of aliphatic imine (C=N–C) groups is 1. The minimum absolute atomic E-state index is 0.